The van der Waals surface area contributed by atoms with Crippen LogP contribution in [0.1, 0.15) is 32.6 Å². The van der Waals surface area contributed by atoms with Crippen molar-refractivity contribution in [2.24, 2.45) is 5.92 Å². The van der Waals surface area contributed by atoms with Gasteiger partial charge >= 0.3 is 0 Å². The molecule has 0 saturated heterocycles. The molecule has 2 heterocycles. The van der Waals surface area contributed by atoms with E-state index in [4.69, 9.17) is 4.74 Å². The van der Waals surface area contributed by atoms with Gasteiger partial charge in [-0.25, -0.2) is 9.67 Å². The maximum Gasteiger partial charge on any atom is 0.279 e. The lowest BCUT2D eigenvalue weighted by molar-refractivity contribution is 0.175. The largest absolute Gasteiger partial charge is 0.492 e. The molecular formula is C23H33N7O4S. The number of ether oxygens (including phenoxy) is 1. The van der Waals surface area contributed by atoms with Gasteiger partial charge in [0.25, 0.3) is 10.2 Å². The zero-order valence-corrected chi connectivity index (χ0v) is 21.1. The average molecular weight is 504 g/mol. The van der Waals surface area contributed by atoms with Crippen LogP contribution in [0.5, 0.6) is 5.75 Å². The molecule has 0 unspecified atom stereocenters. The Morgan fingerprint density at radius 1 is 1.20 bits per heavy atom. The van der Waals surface area contributed by atoms with Crippen molar-refractivity contribution in [1.29, 1.82) is 0 Å². The third-order valence-corrected chi connectivity index (χ3v) is 7.72. The van der Waals surface area contributed by atoms with Crippen LogP contribution in [-0.4, -0.2) is 77.0 Å². The van der Waals surface area contributed by atoms with Gasteiger partial charge in [-0.05, 0) is 37.8 Å². The number of nitrogens with one attached hydrogen (secondary N) is 2. The van der Waals surface area contributed by atoms with Gasteiger partial charge in [-0.1, -0.05) is 13.0 Å². The van der Waals surface area contributed by atoms with Crippen molar-refractivity contribution in [3.8, 4) is 11.6 Å². The van der Waals surface area contributed by atoms with Crippen LogP contribution in [0, 0.1) is 5.92 Å². The highest BCUT2D eigenvalue weighted by Crippen LogP contribution is 2.28. The first-order valence-electron chi connectivity index (χ1n) is 11.8. The monoisotopic (exact) mass is 503 g/mol. The molecule has 190 valence electrons. The van der Waals surface area contributed by atoms with Crippen LogP contribution in [0.3, 0.4) is 0 Å². The molecule has 0 spiro atoms. The standard InChI is InChI=1S/C23H33N7O4S/c1-16(14-31)15-34-21-6-4-5-20-19(21)13-25-30(20)22-11-12-24-23(27-22)26-17-7-9-18(10-8-17)28-35(32,33)29(2)3/h4-6,11-13,16-18,28,31H,7-10,14-15H2,1-3H3,(H,24,26,27)/t16-,17-,18-/m0/s1. The molecule has 2 aromatic heterocycles. The fourth-order valence-corrected chi connectivity index (χ4v) is 4.88. The summed E-state index contributed by atoms with van der Waals surface area (Å²) >= 11 is 0. The summed E-state index contributed by atoms with van der Waals surface area (Å²) in [5, 5.41) is 18.0. The Hall–Kier alpha value is -2.80. The van der Waals surface area contributed by atoms with E-state index in [-0.39, 0.29) is 24.6 Å². The maximum atomic E-state index is 12.1. The minimum atomic E-state index is -3.43. The number of rotatable bonds is 10. The van der Waals surface area contributed by atoms with E-state index in [0.717, 1.165) is 36.6 Å². The van der Waals surface area contributed by atoms with E-state index < -0.39 is 10.2 Å². The SMILES string of the molecule is C[C@@H](CO)COc1cccc2c1cnn2-c1ccnc(N[C@H]2CC[C@H](NS(=O)(=O)N(C)C)CC2)n1. The summed E-state index contributed by atoms with van der Waals surface area (Å²) in [5.74, 6) is 1.89. The molecule has 0 amide bonds. The molecule has 1 aliphatic carbocycles. The molecule has 0 aliphatic heterocycles. The lowest BCUT2D eigenvalue weighted by Crippen LogP contribution is -2.44. The molecule has 1 aromatic carbocycles. The van der Waals surface area contributed by atoms with E-state index >= 15 is 0 Å². The lowest BCUT2D eigenvalue weighted by Gasteiger charge is -2.30. The average Bonchev–Trinajstić information content (AvgIpc) is 3.28. The minimum absolute atomic E-state index is 0.0408. The van der Waals surface area contributed by atoms with Gasteiger partial charge < -0.3 is 15.2 Å². The van der Waals surface area contributed by atoms with Crippen LogP contribution < -0.4 is 14.8 Å². The number of fused-ring (bicyclic) bond motifs is 1. The second-order valence-corrected chi connectivity index (χ2v) is 11.1. The first-order valence-corrected chi connectivity index (χ1v) is 13.2. The molecular weight excluding hydrogens is 470 g/mol. The topological polar surface area (TPSA) is 134 Å². The number of aliphatic hydroxyl groups is 1. The third kappa shape index (κ3) is 6.07. The lowest BCUT2D eigenvalue weighted by atomic mass is 9.92. The van der Waals surface area contributed by atoms with E-state index in [1.165, 1.54) is 18.4 Å². The quantitative estimate of drug-likeness (QED) is 0.382. The van der Waals surface area contributed by atoms with Gasteiger partial charge in [0.05, 0.1) is 23.7 Å². The molecule has 12 heteroatoms. The number of anilines is 1. The molecule has 3 aromatic rings. The molecule has 1 saturated carbocycles. The number of aromatic nitrogens is 4. The second-order valence-electron chi connectivity index (χ2n) is 9.18. The summed E-state index contributed by atoms with van der Waals surface area (Å²) in [6.07, 6.45) is 6.55. The van der Waals surface area contributed by atoms with E-state index in [1.807, 2.05) is 25.1 Å². The predicted octanol–water partition coefficient (Wildman–Crippen LogP) is 1.94. The second kappa shape index (κ2) is 10.9. The van der Waals surface area contributed by atoms with Gasteiger partial charge in [-0.2, -0.15) is 27.5 Å². The Balaban J connectivity index is 1.43. The normalized spacial score (nSPS) is 19.7. The van der Waals surface area contributed by atoms with Crippen LogP contribution in [0.2, 0.25) is 0 Å². The van der Waals surface area contributed by atoms with Crippen LogP contribution >= 0.6 is 0 Å². The minimum Gasteiger partial charge on any atom is -0.492 e. The zero-order valence-electron chi connectivity index (χ0n) is 20.3. The molecule has 1 aliphatic rings. The number of hydrogen-bond donors (Lipinski definition) is 3. The highest BCUT2D eigenvalue weighted by atomic mass is 32.2. The number of benzene rings is 1. The molecule has 4 rings (SSSR count). The summed E-state index contributed by atoms with van der Waals surface area (Å²) < 4.78 is 35.7. The van der Waals surface area contributed by atoms with Crippen molar-refractivity contribution in [1.82, 2.24) is 28.8 Å². The number of nitrogens with zero attached hydrogens (tertiary/aromatic N) is 5. The summed E-state index contributed by atoms with van der Waals surface area (Å²) in [4.78, 5) is 9.04. The fourth-order valence-electron chi connectivity index (χ4n) is 4.01. The highest BCUT2D eigenvalue weighted by molar-refractivity contribution is 7.87. The van der Waals surface area contributed by atoms with E-state index in [0.29, 0.717) is 24.1 Å². The first-order chi connectivity index (χ1) is 16.8. The fraction of sp³-hybridized carbons (Fsp3) is 0.522. The van der Waals surface area contributed by atoms with Gasteiger partial charge in [0.2, 0.25) is 5.95 Å². The van der Waals surface area contributed by atoms with Gasteiger partial charge in [-0.3, -0.25) is 0 Å². The van der Waals surface area contributed by atoms with Crippen LogP contribution in [0.25, 0.3) is 16.7 Å². The number of aliphatic hydroxyl groups excluding tert-OH is 1. The van der Waals surface area contributed by atoms with Crippen LogP contribution in [0.15, 0.2) is 36.7 Å². The van der Waals surface area contributed by atoms with E-state index in [1.54, 1.807) is 23.1 Å². The van der Waals surface area contributed by atoms with Gasteiger partial charge in [0, 0.05) is 51.0 Å². The molecule has 1 fully saturated rings. The molecule has 11 nitrogen and oxygen atoms in total. The maximum absolute atomic E-state index is 12.1. The van der Waals surface area contributed by atoms with Gasteiger partial charge in [-0.15, -0.1) is 0 Å². The summed E-state index contributed by atoms with van der Waals surface area (Å²) in [6, 6.07) is 7.64. The van der Waals surface area contributed by atoms with Gasteiger partial charge in [0.1, 0.15) is 5.75 Å². The van der Waals surface area contributed by atoms with E-state index in [2.05, 4.69) is 25.1 Å². The van der Waals surface area contributed by atoms with Crippen LogP contribution in [-0.2, 0) is 10.2 Å². The van der Waals surface area contributed by atoms with Gasteiger partial charge in [0.15, 0.2) is 5.82 Å². The summed E-state index contributed by atoms with van der Waals surface area (Å²) in [6.45, 7) is 2.41. The van der Waals surface area contributed by atoms with E-state index in [9.17, 15) is 13.5 Å². The summed E-state index contributed by atoms with van der Waals surface area (Å²) in [7, 11) is -0.383. The Bertz CT molecular complexity index is 1240. The van der Waals surface area contributed by atoms with Crippen LogP contribution in [0.4, 0.5) is 5.95 Å². The summed E-state index contributed by atoms with van der Waals surface area (Å²) in [5.41, 5.74) is 0.859. The molecule has 0 radical (unpaired) electrons. The molecule has 0 bridgehead atoms. The molecule has 35 heavy (non-hydrogen) atoms. The Morgan fingerprint density at radius 2 is 1.94 bits per heavy atom. The molecule has 3 N–H and O–H groups in total. The van der Waals surface area contributed by atoms with Crippen molar-refractivity contribution in [2.75, 3.05) is 32.6 Å². The van der Waals surface area contributed by atoms with Crippen molar-refractivity contribution in [3.05, 3.63) is 36.7 Å². The Morgan fingerprint density at radius 3 is 2.66 bits per heavy atom. The first kappa shape index (κ1) is 25.3. The van der Waals surface area contributed by atoms with Crippen molar-refractivity contribution < 1.29 is 18.3 Å². The van der Waals surface area contributed by atoms with Crippen molar-refractivity contribution in [3.63, 3.8) is 0 Å². The number of hydrogen-bond acceptors (Lipinski definition) is 8. The predicted molar refractivity (Wildman–Crippen MR) is 134 cm³/mol. The smallest absolute Gasteiger partial charge is 0.279 e. The highest BCUT2D eigenvalue weighted by Gasteiger charge is 2.26. The zero-order chi connectivity index (χ0) is 25.0. The van der Waals surface area contributed by atoms with Crippen molar-refractivity contribution in [2.45, 2.75) is 44.7 Å². The van der Waals surface area contributed by atoms with Crippen molar-refractivity contribution >= 4 is 27.1 Å². The Kier molecular flexibility index (Phi) is 7.85. The Labute approximate surface area is 205 Å². The third-order valence-electron chi connectivity index (χ3n) is 6.12. The molecule has 1 atom stereocenters.